The lowest BCUT2D eigenvalue weighted by molar-refractivity contribution is -0.124. The molecule has 0 aromatic heterocycles. The van der Waals surface area contributed by atoms with Gasteiger partial charge < -0.3 is 10.2 Å². The summed E-state index contributed by atoms with van der Waals surface area (Å²) in [7, 11) is 0. The summed E-state index contributed by atoms with van der Waals surface area (Å²) >= 11 is 0. The molecule has 1 N–H and O–H groups in total. The Labute approximate surface area is 158 Å². The minimum Gasteiger partial charge on any atom is -0.325 e. The number of carbonyl (C=O) groups excluding carboxylic acids is 2. The van der Waals surface area contributed by atoms with Crippen LogP contribution in [-0.4, -0.2) is 18.4 Å². The molecule has 0 bridgehead atoms. The second kappa shape index (κ2) is 6.80. The first-order chi connectivity index (χ1) is 13.0. The van der Waals surface area contributed by atoms with Gasteiger partial charge in [-0.05, 0) is 67.1 Å². The van der Waals surface area contributed by atoms with Crippen molar-refractivity contribution in [2.75, 3.05) is 16.8 Å². The van der Waals surface area contributed by atoms with Crippen molar-refractivity contribution in [3.8, 4) is 0 Å². The van der Waals surface area contributed by atoms with E-state index in [9.17, 15) is 14.0 Å². The number of halogens is 1. The quantitative estimate of drug-likeness (QED) is 0.886. The van der Waals surface area contributed by atoms with Crippen LogP contribution in [0.1, 0.15) is 43.7 Å². The molecule has 4 rings (SSSR count). The van der Waals surface area contributed by atoms with Crippen LogP contribution >= 0.6 is 0 Å². The Hall–Kier alpha value is -2.69. The predicted octanol–water partition coefficient (Wildman–Crippen LogP) is 4.19. The van der Waals surface area contributed by atoms with Crippen LogP contribution in [0.5, 0.6) is 0 Å². The molecule has 0 atom stereocenters. The van der Waals surface area contributed by atoms with Gasteiger partial charge in [0.05, 0.1) is 5.41 Å². The highest BCUT2D eigenvalue weighted by atomic mass is 19.1. The van der Waals surface area contributed by atoms with E-state index < -0.39 is 5.41 Å². The molecule has 5 heteroatoms. The third-order valence-corrected chi connectivity index (χ3v) is 5.87. The highest BCUT2D eigenvalue weighted by molar-refractivity contribution is 6.00. The van der Waals surface area contributed by atoms with E-state index in [-0.39, 0.29) is 17.6 Å². The van der Waals surface area contributed by atoms with E-state index in [1.807, 2.05) is 18.2 Å². The van der Waals surface area contributed by atoms with Crippen LogP contribution in [-0.2, 0) is 21.4 Å². The summed E-state index contributed by atoms with van der Waals surface area (Å²) in [5.74, 6) is -0.296. The summed E-state index contributed by atoms with van der Waals surface area (Å²) in [6.07, 6.45) is 4.35. The van der Waals surface area contributed by atoms with E-state index in [0.29, 0.717) is 0 Å². The van der Waals surface area contributed by atoms with Crippen molar-refractivity contribution < 1.29 is 14.0 Å². The normalized spacial score (nSPS) is 17.6. The average molecular weight is 366 g/mol. The summed E-state index contributed by atoms with van der Waals surface area (Å²) in [6, 6.07) is 12.0. The van der Waals surface area contributed by atoms with Gasteiger partial charge in [0.25, 0.3) is 0 Å². The number of nitrogens with zero attached hydrogens (tertiary/aromatic N) is 1. The van der Waals surface area contributed by atoms with Gasteiger partial charge in [0.2, 0.25) is 11.8 Å². The number of hydrogen-bond donors (Lipinski definition) is 1. The van der Waals surface area contributed by atoms with Gasteiger partial charge in [0.1, 0.15) is 5.82 Å². The van der Waals surface area contributed by atoms with Gasteiger partial charge >= 0.3 is 0 Å². The highest BCUT2D eigenvalue weighted by Gasteiger charge is 2.45. The van der Waals surface area contributed by atoms with Crippen LogP contribution in [0.4, 0.5) is 15.8 Å². The van der Waals surface area contributed by atoms with Crippen molar-refractivity contribution in [1.82, 2.24) is 0 Å². The minimum atomic E-state index is -0.574. The largest absolute Gasteiger partial charge is 0.325 e. The molecule has 1 fully saturated rings. The van der Waals surface area contributed by atoms with Crippen LogP contribution in [0.15, 0.2) is 42.5 Å². The molecule has 4 nitrogen and oxygen atoms in total. The standard InChI is InChI=1S/C22H23FN2O2/c1-15(26)25-13-2-4-16-14-19(9-10-20(16)25)24-21(27)22(11-3-12-22)17-5-7-18(23)8-6-17/h5-10,14H,2-4,11-13H2,1H3,(H,24,27). The summed E-state index contributed by atoms with van der Waals surface area (Å²) in [4.78, 5) is 26.7. The second-order valence-corrected chi connectivity index (χ2v) is 7.51. The molecular formula is C22H23FN2O2. The van der Waals surface area contributed by atoms with Crippen molar-refractivity contribution in [1.29, 1.82) is 0 Å². The Bertz CT molecular complexity index is 888. The molecule has 1 saturated carbocycles. The van der Waals surface area contributed by atoms with E-state index in [0.717, 1.165) is 61.2 Å². The zero-order valence-electron chi connectivity index (χ0n) is 15.4. The van der Waals surface area contributed by atoms with E-state index in [4.69, 9.17) is 0 Å². The molecule has 0 unspecified atom stereocenters. The van der Waals surface area contributed by atoms with E-state index in [2.05, 4.69) is 5.32 Å². The van der Waals surface area contributed by atoms with Crippen LogP contribution in [0.2, 0.25) is 0 Å². The van der Waals surface area contributed by atoms with Crippen LogP contribution in [0.3, 0.4) is 0 Å². The van der Waals surface area contributed by atoms with Crippen LogP contribution in [0.25, 0.3) is 0 Å². The van der Waals surface area contributed by atoms with Crippen molar-refractivity contribution in [3.05, 3.63) is 59.4 Å². The average Bonchev–Trinajstić information content (AvgIpc) is 2.61. The molecule has 2 aromatic rings. The van der Waals surface area contributed by atoms with Crippen molar-refractivity contribution in [2.24, 2.45) is 0 Å². The van der Waals surface area contributed by atoms with Gasteiger partial charge in [-0.3, -0.25) is 9.59 Å². The van der Waals surface area contributed by atoms with Gasteiger partial charge in [0, 0.05) is 24.8 Å². The topological polar surface area (TPSA) is 49.4 Å². The molecule has 1 heterocycles. The fourth-order valence-electron chi connectivity index (χ4n) is 4.20. The Morgan fingerprint density at radius 3 is 2.44 bits per heavy atom. The monoisotopic (exact) mass is 366 g/mol. The lowest BCUT2D eigenvalue weighted by atomic mass is 9.64. The number of hydrogen-bond acceptors (Lipinski definition) is 2. The summed E-state index contributed by atoms with van der Waals surface area (Å²) in [5, 5.41) is 3.06. The predicted molar refractivity (Wildman–Crippen MR) is 103 cm³/mol. The lowest BCUT2D eigenvalue weighted by Gasteiger charge is -2.40. The maximum atomic E-state index is 13.3. The molecule has 27 heavy (non-hydrogen) atoms. The van der Waals surface area contributed by atoms with Crippen molar-refractivity contribution in [2.45, 2.75) is 44.4 Å². The Morgan fingerprint density at radius 1 is 1.07 bits per heavy atom. The van der Waals surface area contributed by atoms with E-state index >= 15 is 0 Å². The number of aryl methyl sites for hydroxylation is 1. The highest BCUT2D eigenvalue weighted by Crippen LogP contribution is 2.44. The summed E-state index contributed by atoms with van der Waals surface area (Å²) in [6.45, 7) is 2.32. The summed E-state index contributed by atoms with van der Waals surface area (Å²) in [5.41, 5.74) is 3.06. The third kappa shape index (κ3) is 3.11. The maximum Gasteiger partial charge on any atom is 0.235 e. The van der Waals surface area contributed by atoms with Crippen LogP contribution < -0.4 is 10.2 Å². The molecule has 2 amide bonds. The van der Waals surface area contributed by atoms with Gasteiger partial charge in [-0.25, -0.2) is 4.39 Å². The van der Waals surface area contributed by atoms with Crippen LogP contribution in [0, 0.1) is 5.82 Å². The van der Waals surface area contributed by atoms with Gasteiger partial charge in [-0.1, -0.05) is 18.6 Å². The number of benzene rings is 2. The number of amides is 2. The van der Waals surface area contributed by atoms with Crippen molar-refractivity contribution >= 4 is 23.2 Å². The first-order valence-electron chi connectivity index (χ1n) is 9.48. The maximum absolute atomic E-state index is 13.3. The molecule has 1 aliphatic heterocycles. The first kappa shape index (κ1) is 17.7. The SMILES string of the molecule is CC(=O)N1CCCc2cc(NC(=O)C3(c4ccc(F)cc4)CCC3)ccc21. The minimum absolute atomic E-state index is 0.0393. The molecule has 2 aromatic carbocycles. The zero-order chi connectivity index (χ0) is 19.0. The number of rotatable bonds is 3. The molecule has 2 aliphatic rings. The Balaban J connectivity index is 1.57. The fourth-order valence-corrected chi connectivity index (χ4v) is 4.20. The number of anilines is 2. The van der Waals surface area contributed by atoms with E-state index in [1.165, 1.54) is 12.1 Å². The molecule has 140 valence electrons. The van der Waals surface area contributed by atoms with Gasteiger partial charge in [0.15, 0.2) is 0 Å². The molecule has 0 radical (unpaired) electrons. The molecule has 1 aliphatic carbocycles. The number of carbonyl (C=O) groups is 2. The molecule has 0 saturated heterocycles. The first-order valence-corrected chi connectivity index (χ1v) is 9.48. The van der Waals surface area contributed by atoms with E-state index in [1.54, 1.807) is 24.0 Å². The summed E-state index contributed by atoms with van der Waals surface area (Å²) < 4.78 is 13.3. The smallest absolute Gasteiger partial charge is 0.235 e. The molecular weight excluding hydrogens is 343 g/mol. The molecule has 0 spiro atoms. The third-order valence-electron chi connectivity index (χ3n) is 5.87. The van der Waals surface area contributed by atoms with Crippen molar-refractivity contribution in [3.63, 3.8) is 0 Å². The number of nitrogens with one attached hydrogen (secondary N) is 1. The fraction of sp³-hybridized carbons (Fsp3) is 0.364. The lowest BCUT2D eigenvalue weighted by Crippen LogP contribution is -2.46. The zero-order valence-corrected chi connectivity index (χ0v) is 15.4. The number of fused-ring (bicyclic) bond motifs is 1. The second-order valence-electron chi connectivity index (χ2n) is 7.51. The van der Waals surface area contributed by atoms with Gasteiger partial charge in [-0.2, -0.15) is 0 Å². The Morgan fingerprint density at radius 2 is 1.81 bits per heavy atom. The van der Waals surface area contributed by atoms with Gasteiger partial charge in [-0.15, -0.1) is 0 Å². The Kier molecular flexibility index (Phi) is 4.46.